The number of carbonyl (C=O) groups is 2. The molecule has 1 aromatic heterocycles. The number of ether oxygens (including phenoxy) is 1. The topological polar surface area (TPSA) is 98.1 Å². The maximum absolute atomic E-state index is 14.4. The molecule has 8 nitrogen and oxygen atoms in total. The molecule has 1 aromatic carbocycles. The van der Waals surface area contributed by atoms with Crippen LogP contribution >= 0.6 is 0 Å². The summed E-state index contributed by atoms with van der Waals surface area (Å²) in [5.41, 5.74) is 0.854. The van der Waals surface area contributed by atoms with Crippen LogP contribution in [-0.2, 0) is 21.5 Å². The second-order valence-electron chi connectivity index (χ2n) is 10.5. The molecule has 2 unspecified atom stereocenters. The minimum atomic E-state index is -0.732. The molecule has 2 atom stereocenters. The Bertz CT molecular complexity index is 1130. The van der Waals surface area contributed by atoms with Gasteiger partial charge in [-0.1, -0.05) is 31.2 Å². The molecule has 0 spiro atoms. The van der Waals surface area contributed by atoms with Gasteiger partial charge in [-0.2, -0.15) is 0 Å². The first kappa shape index (κ1) is 26.0. The summed E-state index contributed by atoms with van der Waals surface area (Å²) in [6.07, 6.45) is 10.4. The van der Waals surface area contributed by atoms with Crippen LogP contribution < -0.4 is 15.4 Å². The molecule has 1 aliphatic carbocycles. The lowest BCUT2D eigenvalue weighted by atomic mass is 9.80. The van der Waals surface area contributed by atoms with E-state index in [1.165, 1.54) is 6.07 Å². The van der Waals surface area contributed by atoms with Gasteiger partial charge in [0.1, 0.15) is 0 Å². The molecule has 0 bridgehead atoms. The van der Waals surface area contributed by atoms with Crippen molar-refractivity contribution in [2.45, 2.75) is 76.8 Å². The van der Waals surface area contributed by atoms with Crippen LogP contribution in [0.5, 0.6) is 5.75 Å². The highest BCUT2D eigenvalue weighted by Crippen LogP contribution is 2.35. The highest BCUT2D eigenvalue weighted by Gasteiger charge is 2.37. The van der Waals surface area contributed by atoms with Crippen molar-refractivity contribution < 1.29 is 18.7 Å². The Labute approximate surface area is 211 Å². The molecule has 2 heterocycles. The summed E-state index contributed by atoms with van der Waals surface area (Å²) in [6, 6.07) is 5.15. The average Bonchev–Trinajstić information content (AvgIpc) is 3.59. The van der Waals surface area contributed by atoms with Crippen molar-refractivity contribution in [1.29, 1.82) is 0 Å². The molecule has 2 fully saturated rings. The Morgan fingerprint density at radius 3 is 2.89 bits per heavy atom. The third kappa shape index (κ3) is 6.19. The molecule has 2 amide bonds. The fourth-order valence-electron chi connectivity index (χ4n) is 4.35. The van der Waals surface area contributed by atoms with Crippen molar-refractivity contribution in [2.24, 2.45) is 5.92 Å². The van der Waals surface area contributed by atoms with Crippen LogP contribution in [0.2, 0.25) is 0 Å². The number of rotatable bonds is 12. The van der Waals surface area contributed by atoms with Gasteiger partial charge in [-0.15, -0.1) is 5.10 Å². The number of hydrogen-bond donors (Lipinski definition) is 2. The van der Waals surface area contributed by atoms with Gasteiger partial charge in [0.15, 0.2) is 11.6 Å². The molecule has 2 aromatic rings. The third-order valence-corrected chi connectivity index (χ3v) is 7.45. The summed E-state index contributed by atoms with van der Waals surface area (Å²) in [7, 11) is 0. The van der Waals surface area contributed by atoms with E-state index in [2.05, 4.69) is 34.8 Å². The minimum Gasteiger partial charge on any atom is -0.490 e. The normalized spacial score (nSPS) is 22.0. The standard InChI is InChI=1S/C27H36FN5O3/c1-4-26(2,20-10-11-22(28)23(15-20)36-17-19-8-9-19)18-33-21(16-30-32-33)7-5-6-14-29-27(3)13-12-24(34)31-25(27)35/h5,7,10-11,15-16,19,29H,4,6,8-9,12-14,17-18H2,1-3H3,(H,31,34,35)/b7-5+. The molecule has 2 N–H and O–H groups in total. The third-order valence-electron chi connectivity index (χ3n) is 7.45. The molecule has 9 heteroatoms. The SMILES string of the molecule is CCC(C)(Cn1nncc1/C=C/CCNC1(C)CCC(=O)NC1=O)c1ccc(F)c(OCC2CC2)c1. The first-order chi connectivity index (χ1) is 17.2. The van der Waals surface area contributed by atoms with Crippen molar-refractivity contribution >= 4 is 17.9 Å². The zero-order valence-electron chi connectivity index (χ0n) is 21.3. The van der Waals surface area contributed by atoms with Gasteiger partial charge in [-0.05, 0) is 75.3 Å². The van der Waals surface area contributed by atoms with Gasteiger partial charge >= 0.3 is 0 Å². The number of nitrogens with zero attached hydrogens (tertiary/aromatic N) is 3. The molecule has 194 valence electrons. The lowest BCUT2D eigenvalue weighted by Gasteiger charge is -2.32. The number of imide groups is 1. The number of halogens is 1. The minimum absolute atomic E-state index is 0.221. The van der Waals surface area contributed by atoms with Crippen molar-refractivity contribution in [2.75, 3.05) is 13.2 Å². The summed E-state index contributed by atoms with van der Waals surface area (Å²) in [5, 5.41) is 14.1. The van der Waals surface area contributed by atoms with Crippen LogP contribution in [0.25, 0.3) is 6.08 Å². The first-order valence-corrected chi connectivity index (χ1v) is 12.8. The Morgan fingerprint density at radius 2 is 2.17 bits per heavy atom. The molecule has 1 aliphatic heterocycles. The average molecular weight is 498 g/mol. The summed E-state index contributed by atoms with van der Waals surface area (Å²) in [5.74, 6) is 0.0431. The van der Waals surface area contributed by atoms with Crippen molar-refractivity contribution in [3.05, 3.63) is 47.5 Å². The highest BCUT2D eigenvalue weighted by atomic mass is 19.1. The van der Waals surface area contributed by atoms with E-state index >= 15 is 0 Å². The number of hydrogen-bond acceptors (Lipinski definition) is 6. The number of nitrogens with one attached hydrogen (secondary N) is 2. The van der Waals surface area contributed by atoms with Gasteiger partial charge < -0.3 is 10.1 Å². The van der Waals surface area contributed by atoms with Crippen molar-refractivity contribution in [3.8, 4) is 5.75 Å². The maximum atomic E-state index is 14.4. The number of carbonyl (C=O) groups excluding carboxylic acids is 2. The van der Waals surface area contributed by atoms with Crippen LogP contribution in [-0.4, -0.2) is 45.5 Å². The van der Waals surface area contributed by atoms with Gasteiger partial charge in [0.25, 0.3) is 0 Å². The lowest BCUT2D eigenvalue weighted by Crippen LogP contribution is -2.59. The van der Waals surface area contributed by atoms with Gasteiger partial charge in [-0.25, -0.2) is 9.07 Å². The molecule has 36 heavy (non-hydrogen) atoms. The van der Waals surface area contributed by atoms with E-state index in [4.69, 9.17) is 4.74 Å². The zero-order chi connectivity index (χ0) is 25.8. The highest BCUT2D eigenvalue weighted by molar-refractivity contribution is 6.02. The quantitative estimate of drug-likeness (QED) is 0.342. The van der Waals surface area contributed by atoms with E-state index in [1.54, 1.807) is 6.20 Å². The van der Waals surface area contributed by atoms with Crippen LogP contribution in [0.4, 0.5) is 4.39 Å². The zero-order valence-corrected chi connectivity index (χ0v) is 21.3. The van der Waals surface area contributed by atoms with Crippen molar-refractivity contribution in [1.82, 2.24) is 25.6 Å². The second-order valence-corrected chi connectivity index (χ2v) is 10.5. The first-order valence-electron chi connectivity index (χ1n) is 12.8. The van der Waals surface area contributed by atoms with E-state index in [0.29, 0.717) is 50.6 Å². The number of piperidine rings is 1. The lowest BCUT2D eigenvalue weighted by molar-refractivity contribution is -0.138. The summed E-state index contributed by atoms with van der Waals surface area (Å²) in [4.78, 5) is 23.5. The molecule has 1 saturated carbocycles. The Morgan fingerprint density at radius 1 is 1.36 bits per heavy atom. The van der Waals surface area contributed by atoms with E-state index in [-0.39, 0.29) is 23.0 Å². The Balaban J connectivity index is 1.37. The summed E-state index contributed by atoms with van der Waals surface area (Å²) in [6.45, 7) is 7.83. The molecule has 4 rings (SSSR count). The van der Waals surface area contributed by atoms with Crippen LogP contribution in [0.1, 0.15) is 70.6 Å². The molecule has 1 saturated heterocycles. The van der Waals surface area contributed by atoms with Crippen LogP contribution in [0, 0.1) is 11.7 Å². The number of amides is 2. The maximum Gasteiger partial charge on any atom is 0.246 e. The van der Waals surface area contributed by atoms with E-state index < -0.39 is 5.54 Å². The Kier molecular flexibility index (Phi) is 7.88. The molecular formula is C27H36FN5O3. The predicted octanol–water partition coefficient (Wildman–Crippen LogP) is 3.76. The van der Waals surface area contributed by atoms with Gasteiger partial charge in [0, 0.05) is 11.8 Å². The fraction of sp³-hybridized carbons (Fsp3) is 0.556. The second kappa shape index (κ2) is 10.9. The summed E-state index contributed by atoms with van der Waals surface area (Å²) < 4.78 is 22.0. The molecule has 2 aliphatic rings. The monoisotopic (exact) mass is 497 g/mol. The van der Waals surface area contributed by atoms with E-state index in [0.717, 1.165) is 30.5 Å². The largest absolute Gasteiger partial charge is 0.490 e. The van der Waals surface area contributed by atoms with E-state index in [1.807, 2.05) is 35.9 Å². The van der Waals surface area contributed by atoms with Crippen molar-refractivity contribution in [3.63, 3.8) is 0 Å². The van der Waals surface area contributed by atoms with Gasteiger partial charge in [-0.3, -0.25) is 14.9 Å². The number of benzene rings is 1. The smallest absolute Gasteiger partial charge is 0.246 e. The summed E-state index contributed by atoms with van der Waals surface area (Å²) >= 11 is 0. The Hall–Kier alpha value is -3.07. The van der Waals surface area contributed by atoms with Crippen LogP contribution in [0.15, 0.2) is 30.5 Å². The number of aromatic nitrogens is 3. The molecular weight excluding hydrogens is 461 g/mol. The molecule has 0 radical (unpaired) electrons. The van der Waals surface area contributed by atoms with E-state index in [9.17, 15) is 14.0 Å². The van der Waals surface area contributed by atoms with Gasteiger partial charge in [0.05, 0.1) is 30.6 Å². The van der Waals surface area contributed by atoms with Crippen LogP contribution in [0.3, 0.4) is 0 Å². The fourth-order valence-corrected chi connectivity index (χ4v) is 4.35. The van der Waals surface area contributed by atoms with Gasteiger partial charge in [0.2, 0.25) is 11.8 Å². The predicted molar refractivity (Wildman–Crippen MR) is 135 cm³/mol.